The Morgan fingerprint density at radius 2 is 1.52 bits per heavy atom. The number of hydrogen-bond donors (Lipinski definition) is 2. The fourth-order valence-electron chi connectivity index (χ4n) is 2.22. The van der Waals surface area contributed by atoms with Crippen LogP contribution in [0.1, 0.15) is 18.1 Å². The average molecular weight is 310 g/mol. The highest BCUT2D eigenvalue weighted by atomic mass is 16.5. The maximum atomic E-state index is 11.0. The number of benzene rings is 2. The molecule has 4 nitrogen and oxygen atoms in total. The normalized spacial score (nSPS) is 9.96. The number of amides is 1. The first kappa shape index (κ1) is 16.6. The van der Waals surface area contributed by atoms with Crippen molar-refractivity contribution in [1.82, 2.24) is 0 Å². The van der Waals surface area contributed by atoms with Crippen LogP contribution in [-0.2, 0) is 22.4 Å². The van der Waals surface area contributed by atoms with Gasteiger partial charge in [-0.1, -0.05) is 30.8 Å². The lowest BCUT2D eigenvalue weighted by atomic mass is 10.0. The smallest absolute Gasteiger partial charge is 0.221 e. The molecule has 0 unspecified atom stereocenters. The molecular weight excluding hydrogens is 288 g/mol. The fourth-order valence-corrected chi connectivity index (χ4v) is 2.22. The second-order valence-electron chi connectivity index (χ2n) is 5.23. The topological polar surface area (TPSA) is 50.4 Å². The van der Waals surface area contributed by atoms with Crippen molar-refractivity contribution in [2.75, 3.05) is 17.4 Å². The molecule has 120 valence electrons. The van der Waals surface area contributed by atoms with Crippen LogP contribution in [0.4, 0.5) is 11.4 Å². The Morgan fingerprint density at radius 1 is 1.00 bits per heavy atom. The maximum Gasteiger partial charge on any atom is 0.221 e. The van der Waals surface area contributed by atoms with E-state index in [0.29, 0.717) is 6.73 Å². The van der Waals surface area contributed by atoms with E-state index in [1.165, 1.54) is 24.3 Å². The molecule has 0 saturated heterocycles. The van der Waals surface area contributed by atoms with Crippen LogP contribution >= 0.6 is 0 Å². The number of carbonyl (C=O) groups is 1. The third-order valence-electron chi connectivity index (χ3n) is 3.41. The fraction of sp³-hybridized carbons (Fsp3) is 0.211. The van der Waals surface area contributed by atoms with Crippen LogP contribution in [0, 0.1) is 0 Å². The van der Waals surface area contributed by atoms with Crippen molar-refractivity contribution >= 4 is 17.3 Å². The van der Waals surface area contributed by atoms with Crippen molar-refractivity contribution in [2.24, 2.45) is 0 Å². The molecule has 23 heavy (non-hydrogen) atoms. The summed E-state index contributed by atoms with van der Waals surface area (Å²) in [5.41, 5.74) is 4.39. The molecule has 0 saturated carbocycles. The van der Waals surface area contributed by atoms with Gasteiger partial charge in [0.1, 0.15) is 0 Å². The minimum absolute atomic E-state index is 0.0510. The van der Waals surface area contributed by atoms with Gasteiger partial charge in [-0.05, 0) is 48.2 Å². The van der Waals surface area contributed by atoms with Crippen molar-refractivity contribution < 1.29 is 9.53 Å². The molecule has 0 spiro atoms. The minimum Gasteiger partial charge on any atom is -0.482 e. The molecule has 2 rings (SSSR count). The van der Waals surface area contributed by atoms with Crippen molar-refractivity contribution in [1.29, 1.82) is 0 Å². The molecule has 2 N–H and O–H groups in total. The molecule has 0 atom stereocenters. The van der Waals surface area contributed by atoms with Gasteiger partial charge in [-0.2, -0.15) is 0 Å². The van der Waals surface area contributed by atoms with Crippen LogP contribution < -0.4 is 10.6 Å². The summed E-state index contributed by atoms with van der Waals surface area (Å²) in [4.78, 5) is 11.0. The van der Waals surface area contributed by atoms with Crippen LogP contribution in [0.3, 0.4) is 0 Å². The second kappa shape index (κ2) is 8.63. The molecule has 2 aromatic carbocycles. The number of anilines is 2. The number of rotatable bonds is 8. The highest BCUT2D eigenvalue weighted by Crippen LogP contribution is 2.14. The van der Waals surface area contributed by atoms with Gasteiger partial charge < -0.3 is 15.4 Å². The zero-order chi connectivity index (χ0) is 16.5. The van der Waals surface area contributed by atoms with Crippen molar-refractivity contribution in [3.05, 3.63) is 72.5 Å². The van der Waals surface area contributed by atoms with E-state index < -0.39 is 0 Å². The quantitative estimate of drug-likeness (QED) is 0.441. The molecule has 2 aromatic rings. The summed E-state index contributed by atoms with van der Waals surface area (Å²) in [5, 5.41) is 5.91. The molecule has 0 aromatic heterocycles. The first-order chi connectivity index (χ1) is 11.2. The van der Waals surface area contributed by atoms with E-state index in [2.05, 4.69) is 29.3 Å². The monoisotopic (exact) mass is 310 g/mol. The molecule has 0 fully saturated rings. The van der Waals surface area contributed by atoms with Crippen molar-refractivity contribution in [3.63, 3.8) is 0 Å². The Hall–Kier alpha value is -2.75. The van der Waals surface area contributed by atoms with E-state index in [-0.39, 0.29) is 5.91 Å². The number of aryl methyl sites for hydroxylation is 2. The van der Waals surface area contributed by atoms with Gasteiger partial charge in [-0.15, -0.1) is 0 Å². The van der Waals surface area contributed by atoms with Gasteiger partial charge in [0.2, 0.25) is 5.91 Å². The summed E-state index contributed by atoms with van der Waals surface area (Å²) < 4.78 is 5.03. The van der Waals surface area contributed by atoms with Crippen LogP contribution in [0.25, 0.3) is 0 Å². The summed E-state index contributed by atoms with van der Waals surface area (Å²) in [6.07, 6.45) is 3.36. The zero-order valence-corrected chi connectivity index (χ0v) is 13.3. The number of hydrogen-bond acceptors (Lipinski definition) is 3. The van der Waals surface area contributed by atoms with Crippen LogP contribution in [-0.4, -0.2) is 12.6 Å². The van der Waals surface area contributed by atoms with Crippen LogP contribution in [0.15, 0.2) is 61.4 Å². The SMILES string of the molecule is C=COCNc1ccc(CCc2ccc(NC(C)=O)cc2)cc1. The Bertz CT molecular complexity index is 633. The lowest BCUT2D eigenvalue weighted by Crippen LogP contribution is -2.05. The number of carbonyl (C=O) groups excluding carboxylic acids is 1. The summed E-state index contributed by atoms with van der Waals surface area (Å²) in [6.45, 7) is 5.43. The van der Waals surface area contributed by atoms with E-state index >= 15 is 0 Å². The molecule has 4 heteroatoms. The third kappa shape index (κ3) is 5.87. The Morgan fingerprint density at radius 3 is 2.00 bits per heavy atom. The summed E-state index contributed by atoms with van der Waals surface area (Å²) in [5.74, 6) is -0.0510. The summed E-state index contributed by atoms with van der Waals surface area (Å²) >= 11 is 0. The predicted molar refractivity (Wildman–Crippen MR) is 94.4 cm³/mol. The van der Waals surface area contributed by atoms with E-state index in [1.807, 2.05) is 36.4 Å². The highest BCUT2D eigenvalue weighted by Gasteiger charge is 1.99. The van der Waals surface area contributed by atoms with Crippen molar-refractivity contribution in [3.8, 4) is 0 Å². The Balaban J connectivity index is 1.83. The standard InChI is InChI=1S/C19H22N2O2/c1-3-23-14-20-18-10-6-16(7-11-18)4-5-17-8-12-19(13-9-17)21-15(2)22/h3,6-13,20H,1,4-5,14H2,2H3,(H,21,22). The molecule has 0 heterocycles. The van der Waals surface area contributed by atoms with Gasteiger partial charge in [0, 0.05) is 18.3 Å². The average Bonchev–Trinajstić information content (AvgIpc) is 2.55. The lowest BCUT2D eigenvalue weighted by Gasteiger charge is -2.08. The van der Waals surface area contributed by atoms with E-state index in [1.54, 1.807) is 0 Å². The Kier molecular flexibility index (Phi) is 6.24. The van der Waals surface area contributed by atoms with Gasteiger partial charge in [0.15, 0.2) is 6.73 Å². The van der Waals surface area contributed by atoms with Gasteiger partial charge in [-0.25, -0.2) is 0 Å². The van der Waals surface area contributed by atoms with Crippen LogP contribution in [0.2, 0.25) is 0 Å². The van der Waals surface area contributed by atoms with Gasteiger partial charge in [-0.3, -0.25) is 4.79 Å². The molecule has 0 radical (unpaired) electrons. The van der Waals surface area contributed by atoms with Gasteiger partial charge in [0.25, 0.3) is 0 Å². The van der Waals surface area contributed by atoms with Gasteiger partial charge >= 0.3 is 0 Å². The molecule has 0 bridgehead atoms. The zero-order valence-electron chi connectivity index (χ0n) is 13.3. The largest absolute Gasteiger partial charge is 0.482 e. The van der Waals surface area contributed by atoms with E-state index in [4.69, 9.17) is 4.74 Å². The minimum atomic E-state index is -0.0510. The molecule has 1 amide bonds. The molecular formula is C19H22N2O2. The maximum absolute atomic E-state index is 11.0. The molecule has 0 aliphatic heterocycles. The first-order valence-electron chi connectivity index (χ1n) is 7.59. The van der Waals surface area contributed by atoms with E-state index in [9.17, 15) is 4.79 Å². The number of nitrogens with one attached hydrogen (secondary N) is 2. The van der Waals surface area contributed by atoms with Crippen molar-refractivity contribution in [2.45, 2.75) is 19.8 Å². The Labute approximate surface area is 137 Å². The van der Waals surface area contributed by atoms with Crippen LogP contribution in [0.5, 0.6) is 0 Å². The molecule has 0 aliphatic rings. The molecule has 0 aliphatic carbocycles. The summed E-state index contributed by atoms with van der Waals surface area (Å²) in [7, 11) is 0. The highest BCUT2D eigenvalue weighted by molar-refractivity contribution is 5.88. The third-order valence-corrected chi connectivity index (χ3v) is 3.41. The van der Waals surface area contributed by atoms with Gasteiger partial charge in [0.05, 0.1) is 6.26 Å². The second-order valence-corrected chi connectivity index (χ2v) is 5.23. The first-order valence-corrected chi connectivity index (χ1v) is 7.59. The lowest BCUT2D eigenvalue weighted by molar-refractivity contribution is -0.114. The summed E-state index contributed by atoms with van der Waals surface area (Å²) in [6, 6.07) is 16.3. The van der Waals surface area contributed by atoms with E-state index in [0.717, 1.165) is 24.2 Å². The number of ether oxygens (including phenoxy) is 1. The predicted octanol–water partition coefficient (Wildman–Crippen LogP) is 3.96.